The average Bonchev–Trinajstić information content (AvgIpc) is 2.45. The van der Waals surface area contributed by atoms with Crippen molar-refractivity contribution in [2.45, 2.75) is 53.1 Å². The number of ketones is 1. The molecule has 2 nitrogen and oxygen atoms in total. The number of benzene rings is 1. The third-order valence-corrected chi connectivity index (χ3v) is 4.76. The Bertz CT molecular complexity index is 461. The first kappa shape index (κ1) is 16.2. The quantitative estimate of drug-likeness (QED) is 0.737. The molecule has 1 aliphatic rings. The maximum Gasteiger partial charge on any atom is 0.188 e. The molecule has 0 radical (unpaired) electrons. The highest BCUT2D eigenvalue weighted by molar-refractivity contribution is 5.97. The van der Waals surface area contributed by atoms with Crippen LogP contribution in [0.3, 0.4) is 0 Å². The lowest BCUT2D eigenvalue weighted by atomic mass is 9.75. The summed E-state index contributed by atoms with van der Waals surface area (Å²) < 4.78 is 6.02. The maximum absolute atomic E-state index is 12.2. The second-order valence-corrected chi connectivity index (χ2v) is 6.96. The van der Waals surface area contributed by atoms with Crippen LogP contribution in [0.5, 0.6) is 0 Å². The van der Waals surface area contributed by atoms with Crippen molar-refractivity contribution in [1.29, 1.82) is 0 Å². The van der Waals surface area contributed by atoms with Gasteiger partial charge < -0.3 is 4.74 Å². The third kappa shape index (κ3) is 4.41. The summed E-state index contributed by atoms with van der Waals surface area (Å²) in [7, 11) is 0. The summed E-state index contributed by atoms with van der Waals surface area (Å²) in [5, 5.41) is 0. The average molecular weight is 288 g/mol. The molecule has 0 aliphatic heterocycles. The second-order valence-electron chi connectivity index (χ2n) is 6.96. The van der Waals surface area contributed by atoms with E-state index < -0.39 is 0 Å². The van der Waals surface area contributed by atoms with Gasteiger partial charge in [0.25, 0.3) is 0 Å². The molecule has 1 aromatic carbocycles. The van der Waals surface area contributed by atoms with E-state index in [1.54, 1.807) is 0 Å². The molecule has 0 bridgehead atoms. The SMILES string of the molecule is Cc1ccc(C(=O)COC2CC(C)CCC2C(C)C)cc1. The number of carbonyl (C=O) groups excluding carboxylic acids is 1. The molecule has 1 aromatic rings. The smallest absolute Gasteiger partial charge is 0.188 e. The number of ether oxygens (including phenoxy) is 1. The van der Waals surface area contributed by atoms with Gasteiger partial charge in [0.2, 0.25) is 0 Å². The highest BCUT2D eigenvalue weighted by atomic mass is 16.5. The van der Waals surface area contributed by atoms with Gasteiger partial charge in [0, 0.05) is 5.56 Å². The number of rotatable bonds is 5. The molecule has 0 spiro atoms. The zero-order valence-electron chi connectivity index (χ0n) is 13.8. The Morgan fingerprint density at radius 3 is 2.52 bits per heavy atom. The predicted octanol–water partition coefficient (Wildman–Crippen LogP) is 4.66. The van der Waals surface area contributed by atoms with E-state index in [4.69, 9.17) is 4.74 Å². The number of carbonyl (C=O) groups is 1. The number of aryl methyl sites for hydroxylation is 1. The first-order valence-corrected chi connectivity index (χ1v) is 8.19. The first-order chi connectivity index (χ1) is 9.97. The van der Waals surface area contributed by atoms with Gasteiger partial charge in [-0.05, 0) is 37.5 Å². The molecular formula is C19H28O2. The van der Waals surface area contributed by atoms with Gasteiger partial charge in [0.05, 0.1) is 6.10 Å². The maximum atomic E-state index is 12.2. The molecule has 0 amide bonds. The zero-order valence-corrected chi connectivity index (χ0v) is 13.8. The van der Waals surface area contributed by atoms with Gasteiger partial charge in [-0.2, -0.15) is 0 Å². The minimum atomic E-state index is 0.0933. The van der Waals surface area contributed by atoms with Crippen LogP contribution in [-0.4, -0.2) is 18.5 Å². The number of hydrogen-bond donors (Lipinski definition) is 0. The van der Waals surface area contributed by atoms with Crippen LogP contribution >= 0.6 is 0 Å². The summed E-state index contributed by atoms with van der Waals surface area (Å²) in [5.41, 5.74) is 1.93. The van der Waals surface area contributed by atoms with E-state index >= 15 is 0 Å². The van der Waals surface area contributed by atoms with Gasteiger partial charge in [-0.3, -0.25) is 4.79 Å². The minimum absolute atomic E-state index is 0.0933. The zero-order chi connectivity index (χ0) is 15.4. The standard InChI is InChI=1S/C19H28O2/c1-13(2)17-10-7-15(4)11-19(17)21-12-18(20)16-8-5-14(3)6-9-16/h5-6,8-9,13,15,17,19H,7,10-12H2,1-4H3. The normalized spacial score (nSPS) is 26.0. The van der Waals surface area contributed by atoms with Crippen LogP contribution in [0.25, 0.3) is 0 Å². The molecule has 1 aliphatic carbocycles. The minimum Gasteiger partial charge on any atom is -0.370 e. The fourth-order valence-electron chi connectivity index (χ4n) is 3.31. The summed E-state index contributed by atoms with van der Waals surface area (Å²) in [5.74, 6) is 2.01. The molecule has 21 heavy (non-hydrogen) atoms. The lowest BCUT2D eigenvalue weighted by molar-refractivity contribution is -0.0309. The molecular weight excluding hydrogens is 260 g/mol. The van der Waals surface area contributed by atoms with Gasteiger partial charge in [-0.15, -0.1) is 0 Å². The van der Waals surface area contributed by atoms with E-state index in [2.05, 4.69) is 20.8 Å². The van der Waals surface area contributed by atoms with Crippen LogP contribution in [0.15, 0.2) is 24.3 Å². The van der Waals surface area contributed by atoms with Crippen LogP contribution in [0.4, 0.5) is 0 Å². The summed E-state index contributed by atoms with van der Waals surface area (Å²) >= 11 is 0. The molecule has 0 heterocycles. The van der Waals surface area contributed by atoms with Crippen LogP contribution in [-0.2, 0) is 4.74 Å². The van der Waals surface area contributed by atoms with Crippen LogP contribution < -0.4 is 0 Å². The summed E-state index contributed by atoms with van der Waals surface area (Å²) in [4.78, 5) is 12.2. The Kier molecular flexibility index (Phi) is 5.58. The molecule has 1 fully saturated rings. The van der Waals surface area contributed by atoms with Gasteiger partial charge >= 0.3 is 0 Å². The predicted molar refractivity (Wildman–Crippen MR) is 86.6 cm³/mol. The lowest BCUT2D eigenvalue weighted by Crippen LogP contribution is -2.35. The Morgan fingerprint density at radius 2 is 1.90 bits per heavy atom. The molecule has 1 saturated carbocycles. The van der Waals surface area contributed by atoms with E-state index in [1.807, 2.05) is 31.2 Å². The van der Waals surface area contributed by atoms with Gasteiger partial charge in [0.1, 0.15) is 6.61 Å². The Morgan fingerprint density at radius 1 is 1.24 bits per heavy atom. The van der Waals surface area contributed by atoms with Crippen molar-refractivity contribution in [2.24, 2.45) is 17.8 Å². The van der Waals surface area contributed by atoms with Gasteiger partial charge in [-0.1, -0.05) is 57.0 Å². The largest absolute Gasteiger partial charge is 0.370 e. The molecule has 0 saturated heterocycles. The first-order valence-electron chi connectivity index (χ1n) is 8.19. The van der Waals surface area contributed by atoms with E-state index in [-0.39, 0.29) is 18.5 Å². The Labute approximate surface area is 128 Å². The summed E-state index contributed by atoms with van der Waals surface area (Å²) in [6.07, 6.45) is 3.84. The monoisotopic (exact) mass is 288 g/mol. The third-order valence-electron chi connectivity index (χ3n) is 4.76. The Hall–Kier alpha value is -1.15. The molecule has 3 unspecified atom stereocenters. The summed E-state index contributed by atoms with van der Waals surface area (Å²) in [6.45, 7) is 9.05. The molecule has 0 aromatic heterocycles. The molecule has 3 atom stereocenters. The van der Waals surface area contributed by atoms with Crippen molar-refractivity contribution in [3.8, 4) is 0 Å². The number of hydrogen-bond acceptors (Lipinski definition) is 2. The highest BCUT2D eigenvalue weighted by Crippen LogP contribution is 2.35. The van der Waals surface area contributed by atoms with Gasteiger partial charge in [0.15, 0.2) is 5.78 Å². The Balaban J connectivity index is 1.93. The van der Waals surface area contributed by atoms with E-state index in [1.165, 1.54) is 18.4 Å². The lowest BCUT2D eigenvalue weighted by Gasteiger charge is -2.37. The number of Topliss-reactive ketones (excluding diaryl/α,β-unsaturated/α-hetero) is 1. The van der Waals surface area contributed by atoms with Crippen molar-refractivity contribution < 1.29 is 9.53 Å². The molecule has 116 valence electrons. The molecule has 2 heteroatoms. The van der Waals surface area contributed by atoms with Crippen LogP contribution in [0.2, 0.25) is 0 Å². The van der Waals surface area contributed by atoms with E-state index in [0.29, 0.717) is 17.8 Å². The van der Waals surface area contributed by atoms with E-state index in [9.17, 15) is 4.79 Å². The fraction of sp³-hybridized carbons (Fsp3) is 0.632. The topological polar surface area (TPSA) is 26.3 Å². The van der Waals surface area contributed by atoms with Crippen LogP contribution in [0, 0.1) is 24.7 Å². The van der Waals surface area contributed by atoms with Crippen molar-refractivity contribution in [3.05, 3.63) is 35.4 Å². The van der Waals surface area contributed by atoms with Crippen molar-refractivity contribution >= 4 is 5.78 Å². The van der Waals surface area contributed by atoms with Crippen molar-refractivity contribution in [2.75, 3.05) is 6.61 Å². The highest BCUT2D eigenvalue weighted by Gasteiger charge is 2.31. The van der Waals surface area contributed by atoms with Gasteiger partial charge in [-0.25, -0.2) is 0 Å². The van der Waals surface area contributed by atoms with Crippen LogP contribution in [0.1, 0.15) is 56.0 Å². The summed E-state index contributed by atoms with van der Waals surface area (Å²) in [6, 6.07) is 7.74. The molecule has 0 N–H and O–H groups in total. The fourth-order valence-corrected chi connectivity index (χ4v) is 3.31. The molecule has 2 rings (SSSR count). The van der Waals surface area contributed by atoms with Crippen molar-refractivity contribution in [3.63, 3.8) is 0 Å². The van der Waals surface area contributed by atoms with Crippen molar-refractivity contribution in [1.82, 2.24) is 0 Å². The van der Waals surface area contributed by atoms with E-state index in [0.717, 1.165) is 12.0 Å². The second kappa shape index (κ2) is 7.22.